The van der Waals surface area contributed by atoms with Crippen LogP contribution in [-0.2, 0) is 15.8 Å². The zero-order valence-electron chi connectivity index (χ0n) is 18.7. The van der Waals surface area contributed by atoms with E-state index in [2.05, 4.69) is 55.4 Å². The summed E-state index contributed by atoms with van der Waals surface area (Å²) in [7, 11) is -1.85. The first-order chi connectivity index (χ1) is 12.6. The second-order valence-corrected chi connectivity index (χ2v) is 14.5. The molecule has 0 aliphatic rings. The van der Waals surface area contributed by atoms with Gasteiger partial charge in [0.25, 0.3) is 0 Å². The summed E-state index contributed by atoms with van der Waals surface area (Å²) in [6, 6.07) is 10.1. The molecule has 0 spiro atoms. The van der Waals surface area contributed by atoms with E-state index >= 15 is 0 Å². The molecular formula is C23H42O3Si. The van der Waals surface area contributed by atoms with Crippen LogP contribution in [0.25, 0.3) is 0 Å². The monoisotopic (exact) mass is 394 g/mol. The summed E-state index contributed by atoms with van der Waals surface area (Å²) in [4.78, 5) is 0. The summed E-state index contributed by atoms with van der Waals surface area (Å²) in [6.45, 7) is 19.8. The molecule has 0 saturated heterocycles. The first-order valence-electron chi connectivity index (χ1n) is 10.6. The fraction of sp³-hybridized carbons (Fsp3) is 0.739. The van der Waals surface area contributed by atoms with Crippen LogP contribution < -0.4 is 0 Å². The maximum atomic E-state index is 10.6. The van der Waals surface area contributed by atoms with E-state index in [1.54, 1.807) is 0 Å². The van der Waals surface area contributed by atoms with E-state index in [4.69, 9.17) is 9.16 Å². The average Bonchev–Trinajstić information content (AvgIpc) is 2.61. The number of benzene rings is 1. The molecule has 0 fully saturated rings. The molecule has 1 N–H and O–H groups in total. The Morgan fingerprint density at radius 1 is 0.815 bits per heavy atom. The molecule has 0 bridgehead atoms. The molecule has 0 saturated carbocycles. The highest BCUT2D eigenvalue weighted by Crippen LogP contribution is 2.42. The number of ether oxygens (including phenoxy) is 1. The predicted octanol–water partition coefficient (Wildman–Crippen LogP) is 6.03. The van der Waals surface area contributed by atoms with Gasteiger partial charge in [-0.1, -0.05) is 85.7 Å². The van der Waals surface area contributed by atoms with Crippen molar-refractivity contribution in [1.29, 1.82) is 0 Å². The lowest BCUT2D eigenvalue weighted by Gasteiger charge is -2.43. The minimum atomic E-state index is -1.85. The van der Waals surface area contributed by atoms with Crippen LogP contribution in [0, 0.1) is 11.8 Å². The molecule has 156 valence electrons. The SMILES string of the molecule is CC(C)[Si](OC[C@@H](C)[C@H](C)[C@H](O)COCc1ccccc1)(C(C)C)C(C)C. The Morgan fingerprint density at radius 3 is 1.81 bits per heavy atom. The third kappa shape index (κ3) is 6.70. The van der Waals surface area contributed by atoms with E-state index in [0.717, 1.165) is 12.2 Å². The minimum Gasteiger partial charge on any atom is -0.416 e. The van der Waals surface area contributed by atoms with Crippen molar-refractivity contribution in [2.75, 3.05) is 13.2 Å². The molecule has 3 nitrogen and oxygen atoms in total. The number of hydrogen-bond donors (Lipinski definition) is 1. The zero-order valence-corrected chi connectivity index (χ0v) is 19.7. The van der Waals surface area contributed by atoms with Crippen molar-refractivity contribution in [2.24, 2.45) is 11.8 Å². The van der Waals surface area contributed by atoms with Crippen LogP contribution in [0.4, 0.5) is 0 Å². The molecule has 0 heterocycles. The van der Waals surface area contributed by atoms with Crippen LogP contribution in [0.2, 0.25) is 16.6 Å². The summed E-state index contributed by atoms with van der Waals surface area (Å²) in [5, 5.41) is 10.6. The highest BCUT2D eigenvalue weighted by Gasteiger charge is 2.45. The van der Waals surface area contributed by atoms with E-state index in [9.17, 15) is 5.11 Å². The molecule has 27 heavy (non-hydrogen) atoms. The molecule has 0 unspecified atom stereocenters. The fourth-order valence-corrected chi connectivity index (χ4v) is 9.88. The molecule has 0 radical (unpaired) electrons. The van der Waals surface area contributed by atoms with Crippen LogP contribution in [0.3, 0.4) is 0 Å². The summed E-state index contributed by atoms with van der Waals surface area (Å²) in [6.07, 6.45) is -0.472. The molecule has 3 atom stereocenters. The molecule has 1 aromatic carbocycles. The van der Waals surface area contributed by atoms with Crippen molar-refractivity contribution in [3.05, 3.63) is 35.9 Å². The number of hydrogen-bond acceptors (Lipinski definition) is 3. The van der Waals surface area contributed by atoms with Crippen molar-refractivity contribution >= 4 is 8.32 Å². The molecule has 1 aromatic rings. The molecule has 1 rings (SSSR count). The van der Waals surface area contributed by atoms with E-state index in [0.29, 0.717) is 35.8 Å². The van der Waals surface area contributed by atoms with E-state index in [-0.39, 0.29) is 5.92 Å². The zero-order chi connectivity index (χ0) is 20.6. The Hall–Kier alpha value is -0.683. The Bertz CT molecular complexity index is 494. The topological polar surface area (TPSA) is 38.7 Å². The predicted molar refractivity (Wildman–Crippen MR) is 117 cm³/mol. The van der Waals surface area contributed by atoms with E-state index in [1.165, 1.54) is 0 Å². The van der Waals surface area contributed by atoms with Gasteiger partial charge in [-0.3, -0.25) is 0 Å². The molecule has 4 heteroatoms. The second kappa shape index (κ2) is 11.4. The van der Waals surface area contributed by atoms with Gasteiger partial charge in [-0.2, -0.15) is 0 Å². The number of rotatable bonds is 12. The van der Waals surface area contributed by atoms with Gasteiger partial charge in [0.05, 0.1) is 19.3 Å². The van der Waals surface area contributed by atoms with Crippen molar-refractivity contribution in [2.45, 2.75) is 84.7 Å². The van der Waals surface area contributed by atoms with Crippen LogP contribution in [0.15, 0.2) is 30.3 Å². The van der Waals surface area contributed by atoms with Gasteiger partial charge >= 0.3 is 0 Å². The second-order valence-electron chi connectivity index (χ2n) is 9.03. The Balaban J connectivity index is 2.55. The van der Waals surface area contributed by atoms with Gasteiger partial charge in [-0.15, -0.1) is 0 Å². The summed E-state index contributed by atoms with van der Waals surface area (Å²) in [5.74, 6) is 0.433. The van der Waals surface area contributed by atoms with Crippen molar-refractivity contribution in [3.8, 4) is 0 Å². The third-order valence-electron chi connectivity index (χ3n) is 6.21. The van der Waals surface area contributed by atoms with Gasteiger partial charge < -0.3 is 14.3 Å². The molecule has 0 amide bonds. The van der Waals surface area contributed by atoms with Crippen LogP contribution in [-0.4, -0.2) is 32.7 Å². The average molecular weight is 395 g/mol. The quantitative estimate of drug-likeness (QED) is 0.440. The first-order valence-corrected chi connectivity index (χ1v) is 12.7. The van der Waals surface area contributed by atoms with Gasteiger partial charge in [-0.05, 0) is 34.0 Å². The maximum Gasteiger partial charge on any atom is 0.200 e. The third-order valence-corrected chi connectivity index (χ3v) is 12.3. The largest absolute Gasteiger partial charge is 0.416 e. The van der Waals surface area contributed by atoms with E-state index in [1.807, 2.05) is 30.3 Å². The summed E-state index contributed by atoms with van der Waals surface area (Å²) in [5.41, 5.74) is 2.88. The Kier molecular flexibility index (Phi) is 10.2. The molecule has 0 aliphatic heterocycles. The highest BCUT2D eigenvalue weighted by atomic mass is 28.4. The van der Waals surface area contributed by atoms with Gasteiger partial charge in [0.15, 0.2) is 8.32 Å². The normalized spacial score (nSPS) is 16.1. The molecular weight excluding hydrogens is 352 g/mol. The Labute approximate surface area is 168 Å². The van der Waals surface area contributed by atoms with Gasteiger partial charge in [0.1, 0.15) is 0 Å². The smallest absolute Gasteiger partial charge is 0.200 e. The maximum absolute atomic E-state index is 10.6. The highest BCUT2D eigenvalue weighted by molar-refractivity contribution is 6.77. The van der Waals surface area contributed by atoms with Crippen molar-refractivity contribution < 1.29 is 14.3 Å². The van der Waals surface area contributed by atoms with Gasteiger partial charge in [-0.25, -0.2) is 0 Å². The minimum absolute atomic E-state index is 0.138. The standard InChI is InChI=1S/C23H42O3Si/c1-17(2)27(18(3)4,19(5)6)26-14-20(7)21(8)23(24)16-25-15-22-12-10-9-11-13-22/h9-13,17-21,23-24H,14-16H2,1-8H3/t20-,21+,23-/m1/s1. The van der Waals surface area contributed by atoms with Gasteiger partial charge in [0, 0.05) is 6.61 Å². The summed E-state index contributed by atoms with van der Waals surface area (Å²) >= 11 is 0. The van der Waals surface area contributed by atoms with Crippen LogP contribution in [0.5, 0.6) is 0 Å². The molecule has 0 aromatic heterocycles. The van der Waals surface area contributed by atoms with E-state index < -0.39 is 14.4 Å². The first kappa shape index (κ1) is 24.4. The van der Waals surface area contributed by atoms with Crippen LogP contribution >= 0.6 is 0 Å². The summed E-state index contributed by atoms with van der Waals surface area (Å²) < 4.78 is 12.4. The van der Waals surface area contributed by atoms with Crippen molar-refractivity contribution in [3.63, 3.8) is 0 Å². The molecule has 0 aliphatic carbocycles. The lowest BCUT2D eigenvalue weighted by Crippen LogP contribution is -2.49. The lowest BCUT2D eigenvalue weighted by atomic mass is 9.92. The lowest BCUT2D eigenvalue weighted by molar-refractivity contribution is -0.0163. The number of aliphatic hydroxyl groups excluding tert-OH is 1. The fourth-order valence-electron chi connectivity index (χ4n) is 4.33. The Morgan fingerprint density at radius 2 is 1.33 bits per heavy atom. The number of aliphatic hydroxyl groups is 1. The van der Waals surface area contributed by atoms with Crippen molar-refractivity contribution in [1.82, 2.24) is 0 Å². The van der Waals surface area contributed by atoms with Crippen LogP contribution in [0.1, 0.15) is 61.0 Å². The van der Waals surface area contributed by atoms with Gasteiger partial charge in [0.2, 0.25) is 0 Å².